The Labute approximate surface area is 87.5 Å². The fourth-order valence-corrected chi connectivity index (χ4v) is 0.251. The number of carbonyl (C=O) groups excluding carboxylic acids is 2. The normalized spacial score (nSPS) is 8.80. The van der Waals surface area contributed by atoms with Gasteiger partial charge in [-0.05, 0) is 6.08 Å². The van der Waals surface area contributed by atoms with Crippen LogP contribution in [0.2, 0.25) is 0 Å². The zero-order valence-corrected chi connectivity index (χ0v) is 7.41. The molecular weight excluding hydrogens is 164 g/mol. The topological polar surface area (TPSA) is 80.3 Å². The maximum absolute atomic E-state index is 9.61. The molecule has 0 aliphatic carbocycles. The van der Waals surface area contributed by atoms with Crippen molar-refractivity contribution < 1.29 is 19.8 Å². The molecule has 0 spiro atoms. The van der Waals surface area contributed by atoms with Crippen LogP contribution in [0.4, 0.5) is 0 Å². The van der Waals surface area contributed by atoms with Crippen LogP contribution in [-0.4, -0.2) is 49.7 Å². The van der Waals surface area contributed by atoms with E-state index in [1.165, 1.54) is 0 Å². The number of hydrogen-bond acceptors (Lipinski definition) is 4. The molecule has 50 valence electrons. The van der Waals surface area contributed by atoms with Gasteiger partial charge in [0.2, 0.25) is 0 Å². The van der Waals surface area contributed by atoms with E-state index in [1.807, 2.05) is 0 Å². The molecule has 0 unspecified atom stereocenters. The first-order valence-electron chi connectivity index (χ1n) is 2.20. The zero-order chi connectivity index (χ0) is 7.28. The van der Waals surface area contributed by atoms with E-state index in [2.05, 4.69) is 0 Å². The minimum Gasteiger partial charge on any atom is -0.550 e. The molecule has 0 saturated carbocycles. The van der Waals surface area contributed by atoms with Crippen molar-refractivity contribution in [1.82, 2.24) is 0 Å². The van der Waals surface area contributed by atoms with Crippen molar-refractivity contribution in [1.29, 1.82) is 0 Å². The first-order chi connectivity index (χ1) is 4.13. The summed E-state index contributed by atoms with van der Waals surface area (Å²) >= 11 is 0. The van der Waals surface area contributed by atoms with Crippen molar-refractivity contribution in [3.63, 3.8) is 0 Å². The van der Waals surface area contributed by atoms with Gasteiger partial charge in [-0.25, -0.2) is 0 Å². The Morgan fingerprint density at radius 1 is 1.30 bits per heavy atom. The second-order valence-corrected chi connectivity index (χ2v) is 1.30. The van der Waals surface area contributed by atoms with E-state index in [-0.39, 0.29) is 37.7 Å². The third-order valence-corrected chi connectivity index (χ3v) is 0.538. The fourth-order valence-electron chi connectivity index (χ4n) is 0.251. The molecule has 0 aromatic heterocycles. The van der Waals surface area contributed by atoms with E-state index >= 15 is 0 Å². The number of carboxylic acids is 2. The summed E-state index contributed by atoms with van der Waals surface area (Å²) in [5.74, 6) is -2.72. The van der Waals surface area contributed by atoms with Crippen LogP contribution >= 0.6 is 0 Å². The van der Waals surface area contributed by atoms with Gasteiger partial charge in [-0.1, -0.05) is 6.08 Å². The number of carbonyl (C=O) groups is 2. The van der Waals surface area contributed by atoms with Gasteiger partial charge in [0.15, 0.2) is 0 Å². The summed E-state index contributed by atoms with van der Waals surface area (Å²) in [5, 5.41) is 19.2. The van der Waals surface area contributed by atoms with Gasteiger partial charge in [0.05, 0.1) is 5.97 Å². The molecule has 0 atom stereocenters. The van der Waals surface area contributed by atoms with Crippen LogP contribution in [0.25, 0.3) is 0 Å². The number of hydrogen-bond donors (Lipinski definition) is 0. The quantitative estimate of drug-likeness (QED) is 0.333. The minimum absolute atomic E-state index is 0. The molecule has 0 aliphatic heterocycles. The zero-order valence-electron chi connectivity index (χ0n) is 5.20. The fraction of sp³-hybridized carbons (Fsp3) is 0.200. The summed E-state index contributed by atoms with van der Waals surface area (Å²) < 4.78 is 0. The van der Waals surface area contributed by atoms with Gasteiger partial charge in [0.25, 0.3) is 0 Å². The predicted molar refractivity (Wildman–Crippen MR) is 29.5 cm³/mol. The molecule has 0 aromatic rings. The van der Waals surface area contributed by atoms with Crippen LogP contribution < -0.4 is 10.2 Å². The Hall–Kier alpha value is -0.0603. The van der Waals surface area contributed by atoms with Crippen molar-refractivity contribution in [2.75, 3.05) is 0 Å². The van der Waals surface area contributed by atoms with E-state index in [4.69, 9.17) is 0 Å². The Kier molecular flexibility index (Phi) is 8.89. The molecule has 4 nitrogen and oxygen atoms in total. The average Bonchev–Trinajstić information content (AvgIpc) is 1.63. The summed E-state index contributed by atoms with van der Waals surface area (Å²) in [7, 11) is 0. The molecule has 0 rings (SSSR count). The van der Waals surface area contributed by atoms with Crippen molar-refractivity contribution >= 4 is 49.7 Å². The second-order valence-electron chi connectivity index (χ2n) is 1.30. The molecule has 0 aliphatic rings. The Morgan fingerprint density at radius 3 is 2.10 bits per heavy atom. The maximum Gasteiger partial charge on any atom is 2.00 e. The van der Waals surface area contributed by atoms with E-state index in [9.17, 15) is 19.8 Å². The third-order valence-electron chi connectivity index (χ3n) is 0.538. The van der Waals surface area contributed by atoms with Crippen LogP contribution in [0, 0.1) is 0 Å². The summed E-state index contributed by atoms with van der Waals surface area (Å²) in [5.41, 5.74) is 0. The summed E-state index contributed by atoms with van der Waals surface area (Å²) in [6, 6.07) is 0. The Balaban J connectivity index is 0. The molecule has 0 aromatic carbocycles. The van der Waals surface area contributed by atoms with Gasteiger partial charge < -0.3 is 19.8 Å². The molecule has 0 bridgehead atoms. The Bertz CT molecular complexity index is 152. The van der Waals surface area contributed by atoms with Crippen LogP contribution in [0.5, 0.6) is 0 Å². The van der Waals surface area contributed by atoms with Gasteiger partial charge in [0.1, 0.15) is 0 Å². The SMILES string of the molecule is O=C([O-])C=CCC(=O)[O-].[Ca+2]. The average molecular weight is 168 g/mol. The molecule has 0 fully saturated rings. The molecule has 0 N–H and O–H groups in total. The van der Waals surface area contributed by atoms with Crippen molar-refractivity contribution in [3.8, 4) is 0 Å². The van der Waals surface area contributed by atoms with E-state index in [0.29, 0.717) is 6.08 Å². The van der Waals surface area contributed by atoms with Crippen LogP contribution in [-0.2, 0) is 9.59 Å². The Morgan fingerprint density at radius 2 is 1.80 bits per heavy atom. The molecule has 0 amide bonds. The molecule has 10 heavy (non-hydrogen) atoms. The minimum atomic E-state index is -1.41. The molecule has 5 heteroatoms. The van der Waals surface area contributed by atoms with Crippen molar-refractivity contribution in [2.45, 2.75) is 6.42 Å². The number of aliphatic carboxylic acids is 2. The van der Waals surface area contributed by atoms with Crippen molar-refractivity contribution in [2.24, 2.45) is 0 Å². The van der Waals surface area contributed by atoms with Gasteiger partial charge in [0, 0.05) is 12.4 Å². The second kappa shape index (κ2) is 7.05. The van der Waals surface area contributed by atoms with Crippen LogP contribution in [0.3, 0.4) is 0 Å². The van der Waals surface area contributed by atoms with Crippen LogP contribution in [0.1, 0.15) is 6.42 Å². The third kappa shape index (κ3) is 10.8. The first kappa shape index (κ1) is 12.6. The molecule has 0 saturated heterocycles. The maximum atomic E-state index is 9.61. The number of rotatable bonds is 3. The van der Waals surface area contributed by atoms with E-state index < -0.39 is 18.4 Å². The predicted octanol–water partition coefficient (Wildman–Crippen LogP) is -2.95. The van der Waals surface area contributed by atoms with Gasteiger partial charge in [-0.15, -0.1) is 0 Å². The van der Waals surface area contributed by atoms with E-state index in [1.54, 1.807) is 0 Å². The molecule has 0 heterocycles. The summed E-state index contributed by atoms with van der Waals surface area (Å²) in [6.45, 7) is 0. The van der Waals surface area contributed by atoms with Gasteiger partial charge in [-0.2, -0.15) is 0 Å². The smallest absolute Gasteiger partial charge is 0.550 e. The summed E-state index contributed by atoms with van der Waals surface area (Å²) in [6.07, 6.45) is 1.20. The van der Waals surface area contributed by atoms with Crippen LogP contribution in [0.15, 0.2) is 12.2 Å². The van der Waals surface area contributed by atoms with Gasteiger partial charge >= 0.3 is 37.7 Å². The standard InChI is InChI=1S/C5H6O4.Ca/c6-4(7)2-1-3-5(8)9;/h1-2H,3H2,(H,6,7)(H,8,9);/q;+2/p-2. The monoisotopic (exact) mass is 168 g/mol. The molecular formula is C5H4CaO4. The first-order valence-corrected chi connectivity index (χ1v) is 2.20. The largest absolute Gasteiger partial charge is 2.00 e. The molecule has 0 radical (unpaired) electrons. The summed E-state index contributed by atoms with van der Waals surface area (Å²) in [4.78, 5) is 19.2. The number of carboxylic acid groups (broad SMARTS) is 2. The van der Waals surface area contributed by atoms with Gasteiger partial charge in [-0.3, -0.25) is 0 Å². The van der Waals surface area contributed by atoms with Crippen molar-refractivity contribution in [3.05, 3.63) is 12.2 Å². The van der Waals surface area contributed by atoms with E-state index in [0.717, 1.165) is 6.08 Å².